The van der Waals surface area contributed by atoms with Gasteiger partial charge in [0.15, 0.2) is 5.60 Å². The van der Waals surface area contributed by atoms with Crippen molar-refractivity contribution in [3.05, 3.63) is 76.9 Å². The zero-order valence-electron chi connectivity index (χ0n) is 16.5. The number of esters is 1. The van der Waals surface area contributed by atoms with Crippen LogP contribution in [0, 0.1) is 0 Å². The van der Waals surface area contributed by atoms with E-state index in [0.29, 0.717) is 33.9 Å². The van der Waals surface area contributed by atoms with Crippen LogP contribution in [-0.4, -0.2) is 33.9 Å². The largest absolute Gasteiger partial charge is 0.508 e. The predicted molar refractivity (Wildman–Crippen MR) is 118 cm³/mol. The number of nitrogens with one attached hydrogen (secondary N) is 1. The number of rotatable bonds is 3. The number of carbonyl (C=O) groups is 2. The number of hydrogen-bond acceptors (Lipinski definition) is 8. The first kappa shape index (κ1) is 20.2. The van der Waals surface area contributed by atoms with E-state index in [1.165, 1.54) is 30.3 Å². The van der Waals surface area contributed by atoms with Crippen molar-refractivity contribution in [1.82, 2.24) is 0 Å². The van der Waals surface area contributed by atoms with Gasteiger partial charge in [0.25, 0.3) is 0 Å². The van der Waals surface area contributed by atoms with Crippen LogP contribution in [0.2, 0.25) is 0 Å². The summed E-state index contributed by atoms with van der Waals surface area (Å²) >= 11 is 4.03. The maximum absolute atomic E-state index is 13.0. The van der Waals surface area contributed by atoms with Gasteiger partial charge in [0.2, 0.25) is 5.91 Å². The number of aromatic hydroxyl groups is 2. The third-order valence-corrected chi connectivity index (χ3v) is 5.97. The topological polar surface area (TPSA) is 131 Å². The van der Waals surface area contributed by atoms with Gasteiger partial charge < -0.3 is 30.7 Å². The van der Waals surface area contributed by atoms with Crippen LogP contribution >= 0.6 is 12.6 Å². The number of benzene rings is 3. The minimum absolute atomic E-state index is 0.0226. The van der Waals surface area contributed by atoms with Crippen molar-refractivity contribution in [2.45, 2.75) is 11.6 Å². The molecular weight excluding hydrogens is 432 g/mol. The molecule has 1 atom stereocenters. The monoisotopic (exact) mass is 450 g/mol. The van der Waals surface area contributed by atoms with Crippen LogP contribution in [-0.2, 0) is 15.1 Å². The van der Waals surface area contributed by atoms with Crippen LogP contribution in [0.5, 0.6) is 23.0 Å². The molecule has 0 saturated carbocycles. The molecule has 3 aromatic rings. The average molecular weight is 450 g/mol. The molecule has 162 valence electrons. The minimum atomic E-state index is -1.35. The number of ether oxygens (including phenoxy) is 2. The van der Waals surface area contributed by atoms with Gasteiger partial charge in [-0.05, 0) is 36.4 Å². The first-order valence-electron chi connectivity index (χ1n) is 9.73. The summed E-state index contributed by atoms with van der Waals surface area (Å²) in [5.74, 6) is -0.295. The van der Waals surface area contributed by atoms with Gasteiger partial charge >= 0.3 is 5.97 Å². The fourth-order valence-corrected chi connectivity index (χ4v) is 4.27. The molecular formula is C23H18N2O6S. The zero-order chi connectivity index (χ0) is 22.6. The van der Waals surface area contributed by atoms with Crippen molar-refractivity contribution in [3.8, 4) is 23.0 Å². The lowest BCUT2D eigenvalue weighted by molar-refractivity contribution is -0.116. The summed E-state index contributed by atoms with van der Waals surface area (Å²) in [5, 5.41) is 22.6. The van der Waals surface area contributed by atoms with E-state index < -0.39 is 23.5 Å². The Hall–Kier alpha value is -3.69. The van der Waals surface area contributed by atoms with E-state index in [2.05, 4.69) is 17.9 Å². The fourth-order valence-electron chi connectivity index (χ4n) is 4.10. The van der Waals surface area contributed by atoms with Crippen molar-refractivity contribution in [2.24, 2.45) is 5.73 Å². The van der Waals surface area contributed by atoms with E-state index in [1.807, 2.05) is 0 Å². The summed E-state index contributed by atoms with van der Waals surface area (Å²) in [6.45, 7) is 0. The summed E-state index contributed by atoms with van der Waals surface area (Å²) in [7, 11) is 0. The van der Waals surface area contributed by atoms with Crippen molar-refractivity contribution in [2.75, 3.05) is 11.1 Å². The number of anilines is 1. The summed E-state index contributed by atoms with van der Waals surface area (Å²) in [6, 6.07) is 13.1. The Labute approximate surface area is 188 Å². The van der Waals surface area contributed by atoms with Crippen LogP contribution in [0.3, 0.4) is 0 Å². The highest BCUT2D eigenvalue weighted by molar-refractivity contribution is 7.80. The number of phenols is 2. The summed E-state index contributed by atoms with van der Waals surface area (Å²) in [4.78, 5) is 25.2. The Morgan fingerprint density at radius 1 is 1.00 bits per heavy atom. The smallest absolute Gasteiger partial charge is 0.340 e. The molecule has 1 unspecified atom stereocenters. The number of amides is 1. The Bertz CT molecular complexity index is 1240. The van der Waals surface area contributed by atoms with Crippen LogP contribution in [0.1, 0.15) is 27.0 Å². The van der Waals surface area contributed by atoms with Gasteiger partial charge in [0.05, 0.1) is 11.6 Å². The lowest BCUT2D eigenvalue weighted by Crippen LogP contribution is -2.37. The highest BCUT2D eigenvalue weighted by Gasteiger charge is 2.53. The highest BCUT2D eigenvalue weighted by atomic mass is 32.1. The second kappa shape index (κ2) is 7.18. The number of fused-ring (bicyclic) bond motifs is 6. The normalized spacial score (nSPS) is 15.8. The number of phenolic OH excluding ortho intramolecular Hbond substituents is 2. The lowest BCUT2D eigenvalue weighted by atomic mass is 9.77. The van der Waals surface area contributed by atoms with Gasteiger partial charge in [0, 0.05) is 40.3 Å². The molecule has 1 spiro atoms. The number of thiol groups is 1. The summed E-state index contributed by atoms with van der Waals surface area (Å²) in [6.07, 6.45) is 0. The third-order valence-electron chi connectivity index (χ3n) is 5.57. The maximum Gasteiger partial charge on any atom is 0.340 e. The van der Waals surface area contributed by atoms with Crippen molar-refractivity contribution in [1.29, 1.82) is 0 Å². The summed E-state index contributed by atoms with van der Waals surface area (Å²) in [5.41, 5.74) is 6.61. The van der Waals surface area contributed by atoms with Gasteiger partial charge in [-0.2, -0.15) is 12.6 Å². The average Bonchev–Trinajstić information content (AvgIpc) is 3.05. The molecule has 32 heavy (non-hydrogen) atoms. The molecule has 0 fully saturated rings. The molecule has 2 aliphatic heterocycles. The van der Waals surface area contributed by atoms with Crippen molar-refractivity contribution < 1.29 is 29.3 Å². The van der Waals surface area contributed by atoms with Crippen LogP contribution < -0.4 is 15.8 Å². The van der Waals surface area contributed by atoms with Crippen molar-refractivity contribution in [3.63, 3.8) is 0 Å². The van der Waals surface area contributed by atoms with E-state index in [9.17, 15) is 19.8 Å². The molecule has 0 aromatic heterocycles. The van der Waals surface area contributed by atoms with E-state index in [1.54, 1.807) is 24.3 Å². The molecule has 0 aliphatic carbocycles. The molecule has 1 amide bonds. The zero-order valence-corrected chi connectivity index (χ0v) is 17.4. The van der Waals surface area contributed by atoms with E-state index in [0.717, 1.165) is 0 Å². The lowest BCUT2D eigenvalue weighted by Gasteiger charge is -2.36. The molecule has 2 aliphatic rings. The summed E-state index contributed by atoms with van der Waals surface area (Å²) < 4.78 is 11.9. The quantitative estimate of drug-likeness (QED) is 0.306. The van der Waals surface area contributed by atoms with E-state index >= 15 is 0 Å². The van der Waals surface area contributed by atoms with Crippen LogP contribution in [0.15, 0.2) is 54.6 Å². The number of nitrogens with two attached hydrogens (primary N) is 1. The SMILES string of the molecule is NC(CS)C(=O)Nc1ccc2c(c1)C(=O)OC21c2ccc(O)cc2Oc2cc(O)ccc21. The number of hydrogen-bond donors (Lipinski definition) is 5. The molecule has 3 aromatic carbocycles. The van der Waals surface area contributed by atoms with Gasteiger partial charge in [-0.3, -0.25) is 4.79 Å². The third kappa shape index (κ3) is 2.89. The molecule has 5 rings (SSSR count). The van der Waals surface area contributed by atoms with Crippen molar-refractivity contribution >= 4 is 30.2 Å². The molecule has 8 nitrogen and oxygen atoms in total. The Balaban J connectivity index is 1.69. The number of carbonyl (C=O) groups excluding carboxylic acids is 2. The molecule has 0 bridgehead atoms. The molecule has 0 saturated heterocycles. The van der Waals surface area contributed by atoms with Gasteiger partial charge in [-0.15, -0.1) is 0 Å². The molecule has 9 heteroatoms. The van der Waals surface area contributed by atoms with Gasteiger partial charge in [0.1, 0.15) is 23.0 Å². The van der Waals surface area contributed by atoms with E-state index in [4.69, 9.17) is 15.2 Å². The minimum Gasteiger partial charge on any atom is -0.508 e. The standard InChI is InChI=1S/C23H18N2O6S/c24-18(10-32)21(28)25-11-1-4-15-14(7-11)22(29)31-23(15)16-5-2-12(26)8-19(16)30-20-9-13(27)3-6-17(20)23/h1-9,18,26-27,32H,10,24H2,(H,25,28). The first-order valence-corrected chi connectivity index (χ1v) is 10.4. The Kier molecular flexibility index (Phi) is 4.54. The second-order valence-electron chi connectivity index (χ2n) is 7.57. The maximum atomic E-state index is 13.0. The predicted octanol–water partition coefficient (Wildman–Crippen LogP) is 2.86. The Morgan fingerprint density at radius 2 is 1.59 bits per heavy atom. The van der Waals surface area contributed by atoms with Crippen LogP contribution in [0.4, 0.5) is 5.69 Å². The van der Waals surface area contributed by atoms with E-state index in [-0.39, 0.29) is 22.8 Å². The van der Waals surface area contributed by atoms with Crippen LogP contribution in [0.25, 0.3) is 0 Å². The van der Waals surface area contributed by atoms with Gasteiger partial charge in [-0.1, -0.05) is 6.07 Å². The fraction of sp³-hybridized carbons (Fsp3) is 0.130. The molecule has 2 heterocycles. The molecule has 0 radical (unpaired) electrons. The first-order chi connectivity index (χ1) is 15.3. The second-order valence-corrected chi connectivity index (χ2v) is 7.94. The Morgan fingerprint density at radius 3 is 2.19 bits per heavy atom. The highest BCUT2D eigenvalue weighted by Crippen LogP contribution is 2.57. The molecule has 5 N–H and O–H groups in total. The van der Waals surface area contributed by atoms with Gasteiger partial charge in [-0.25, -0.2) is 4.79 Å².